The molecule has 0 aromatic carbocycles. The van der Waals surface area contributed by atoms with Crippen molar-refractivity contribution < 1.29 is 9.72 Å². The molecule has 1 aliphatic rings. The van der Waals surface area contributed by atoms with Crippen LogP contribution in [-0.2, 0) is 4.79 Å². The number of halogens is 1. The Morgan fingerprint density at radius 1 is 1.71 bits per heavy atom. The van der Waals surface area contributed by atoms with Crippen molar-refractivity contribution in [3.8, 4) is 0 Å². The van der Waals surface area contributed by atoms with Crippen molar-refractivity contribution in [2.45, 2.75) is 13.3 Å². The van der Waals surface area contributed by atoms with E-state index >= 15 is 0 Å². The second-order valence-electron chi connectivity index (χ2n) is 2.75. The van der Waals surface area contributed by atoms with Crippen LogP contribution in [0.25, 0.3) is 0 Å². The third kappa shape index (κ3) is 2.48. The van der Waals surface area contributed by atoms with E-state index < -0.39 is 10.7 Å². The Bertz CT molecular complexity index is 289. The molecule has 1 fully saturated rings. The van der Waals surface area contributed by atoms with Gasteiger partial charge in [0.2, 0.25) is 5.78 Å². The zero-order chi connectivity index (χ0) is 10.7. The molecule has 0 aliphatic carbocycles. The van der Waals surface area contributed by atoms with Crippen LogP contribution < -0.4 is 0 Å². The Kier molecular flexibility index (Phi) is 3.94. The van der Waals surface area contributed by atoms with Crippen molar-refractivity contribution in [2.75, 3.05) is 12.3 Å². The van der Waals surface area contributed by atoms with Crippen molar-refractivity contribution in [1.82, 2.24) is 3.93 Å². The number of hydrogen-bond donors (Lipinski definition) is 0. The molecule has 5 nitrogen and oxygen atoms in total. The summed E-state index contributed by atoms with van der Waals surface area (Å²) in [5.41, 5.74) is -0.327. The lowest BCUT2D eigenvalue weighted by molar-refractivity contribution is -0.419. The summed E-state index contributed by atoms with van der Waals surface area (Å²) < 4.78 is 1.58. The van der Waals surface area contributed by atoms with Crippen LogP contribution in [0.4, 0.5) is 0 Å². The Morgan fingerprint density at radius 2 is 2.36 bits per heavy atom. The Morgan fingerprint density at radius 3 is 2.79 bits per heavy atom. The summed E-state index contributed by atoms with van der Waals surface area (Å²) in [5.74, 6) is 0.297. The molecule has 0 amide bonds. The maximum Gasteiger partial charge on any atom is 0.342 e. The highest BCUT2D eigenvalue weighted by Crippen LogP contribution is 2.32. The normalized spacial score (nSPS) is 20.6. The summed E-state index contributed by atoms with van der Waals surface area (Å²) in [6.45, 7) is 1.90. The number of ketones is 1. The highest BCUT2D eigenvalue weighted by atomic mass is 79.9. The Balaban J connectivity index is 3.06. The lowest BCUT2D eigenvalue weighted by Crippen LogP contribution is -2.23. The summed E-state index contributed by atoms with van der Waals surface area (Å²) in [6, 6.07) is 0. The summed E-state index contributed by atoms with van der Waals surface area (Å²) in [4.78, 5) is 21.1. The van der Waals surface area contributed by atoms with Crippen LogP contribution in [0.3, 0.4) is 0 Å². The molecule has 1 rings (SSSR count). The third-order valence-electron chi connectivity index (χ3n) is 1.68. The molecule has 0 atom stereocenters. The number of nitrogens with zero attached hydrogens (tertiary/aromatic N) is 2. The highest BCUT2D eigenvalue weighted by Gasteiger charge is 2.29. The first-order valence-electron chi connectivity index (χ1n) is 3.99. The zero-order valence-corrected chi connectivity index (χ0v) is 9.93. The molecule has 1 saturated heterocycles. The van der Waals surface area contributed by atoms with Crippen molar-refractivity contribution in [1.29, 1.82) is 0 Å². The fourth-order valence-electron chi connectivity index (χ4n) is 1.08. The summed E-state index contributed by atoms with van der Waals surface area (Å²) in [7, 11) is 0. The van der Waals surface area contributed by atoms with Gasteiger partial charge in [-0.15, -0.1) is 11.8 Å². The van der Waals surface area contributed by atoms with Gasteiger partial charge in [-0.3, -0.25) is 18.8 Å². The minimum absolute atomic E-state index is 0.327. The topological polar surface area (TPSA) is 63.5 Å². The summed E-state index contributed by atoms with van der Waals surface area (Å²) >= 11 is 4.52. The minimum Gasteiger partial charge on any atom is -0.297 e. The predicted octanol–water partition coefficient (Wildman–Crippen LogP) is 1.77. The molecule has 1 aliphatic heterocycles. The number of allylic oxidation sites excluding steroid dienone is 1. The molecule has 0 spiro atoms. The Labute approximate surface area is 94.0 Å². The molecule has 0 unspecified atom stereocenters. The number of rotatable bonds is 2. The van der Waals surface area contributed by atoms with E-state index in [9.17, 15) is 14.9 Å². The van der Waals surface area contributed by atoms with Gasteiger partial charge in [-0.25, -0.2) is 0 Å². The van der Waals surface area contributed by atoms with E-state index in [-0.39, 0.29) is 5.70 Å². The largest absolute Gasteiger partial charge is 0.342 e. The van der Waals surface area contributed by atoms with Crippen LogP contribution >= 0.6 is 27.9 Å². The second-order valence-corrected chi connectivity index (χ2v) is 4.69. The standard InChI is InChI=1S/C7H9BrN2O3S/c1-5(11)6(10(12)13)7-9(8)3-2-4-14-7/h2-4H2,1H3. The van der Waals surface area contributed by atoms with Crippen molar-refractivity contribution in [3.63, 3.8) is 0 Å². The molecular weight excluding hydrogens is 272 g/mol. The van der Waals surface area contributed by atoms with E-state index in [1.54, 1.807) is 3.93 Å². The number of carbonyl (C=O) groups is 1. The quantitative estimate of drug-likeness (QED) is 0.334. The number of thioether (sulfide) groups is 1. The van der Waals surface area contributed by atoms with Crippen molar-refractivity contribution in [2.24, 2.45) is 0 Å². The van der Waals surface area contributed by atoms with Crippen molar-refractivity contribution in [3.05, 3.63) is 20.8 Å². The molecule has 78 valence electrons. The van der Waals surface area contributed by atoms with Gasteiger partial charge in [-0.05, 0) is 6.42 Å². The average Bonchev–Trinajstić information content (AvgIpc) is 2.07. The smallest absolute Gasteiger partial charge is 0.297 e. The van der Waals surface area contributed by atoms with Crippen LogP contribution in [-0.4, -0.2) is 26.9 Å². The van der Waals surface area contributed by atoms with Gasteiger partial charge in [0.1, 0.15) is 0 Å². The summed E-state index contributed by atoms with van der Waals surface area (Å²) in [5, 5.41) is 11.1. The highest BCUT2D eigenvalue weighted by molar-refractivity contribution is 9.07. The zero-order valence-electron chi connectivity index (χ0n) is 7.53. The molecule has 7 heteroatoms. The van der Waals surface area contributed by atoms with E-state index in [2.05, 4.69) is 16.1 Å². The van der Waals surface area contributed by atoms with Crippen LogP contribution in [0, 0.1) is 10.1 Å². The third-order valence-corrected chi connectivity index (χ3v) is 3.80. The number of carbonyl (C=O) groups excluding carboxylic acids is 1. The second kappa shape index (κ2) is 4.79. The van der Waals surface area contributed by atoms with Gasteiger partial charge in [0.25, 0.3) is 0 Å². The first-order valence-corrected chi connectivity index (χ1v) is 5.69. The maximum absolute atomic E-state index is 11.1. The van der Waals surface area contributed by atoms with E-state index in [0.29, 0.717) is 11.6 Å². The first kappa shape index (κ1) is 11.5. The SMILES string of the molecule is CC(=O)C(=C1SCCCN1Br)[N+](=O)[O-]. The fraction of sp³-hybridized carbons (Fsp3) is 0.571. The van der Waals surface area contributed by atoms with Crippen LogP contribution in [0.1, 0.15) is 13.3 Å². The molecular formula is C7H9BrN2O3S. The van der Waals surface area contributed by atoms with E-state index in [1.807, 2.05) is 0 Å². The van der Waals surface area contributed by atoms with Crippen LogP contribution in [0.2, 0.25) is 0 Å². The minimum atomic E-state index is -0.621. The van der Waals surface area contributed by atoms with Crippen molar-refractivity contribution >= 4 is 33.7 Å². The van der Waals surface area contributed by atoms with E-state index in [1.165, 1.54) is 18.7 Å². The van der Waals surface area contributed by atoms with Crippen LogP contribution in [0.5, 0.6) is 0 Å². The van der Waals surface area contributed by atoms with Gasteiger partial charge in [0, 0.05) is 19.2 Å². The monoisotopic (exact) mass is 280 g/mol. The molecule has 0 saturated carbocycles. The van der Waals surface area contributed by atoms with Gasteiger partial charge in [-0.2, -0.15) is 0 Å². The van der Waals surface area contributed by atoms with Gasteiger partial charge in [0.05, 0.1) is 21.1 Å². The van der Waals surface area contributed by atoms with Crippen LogP contribution in [0.15, 0.2) is 10.7 Å². The van der Waals surface area contributed by atoms with Gasteiger partial charge >= 0.3 is 5.70 Å². The first-order chi connectivity index (χ1) is 6.54. The lowest BCUT2D eigenvalue weighted by atomic mass is 10.3. The predicted molar refractivity (Wildman–Crippen MR) is 57.4 cm³/mol. The van der Waals surface area contributed by atoms with Gasteiger partial charge in [-0.1, -0.05) is 0 Å². The lowest BCUT2D eigenvalue weighted by Gasteiger charge is -2.23. The average molecular weight is 281 g/mol. The number of hydrogen-bond acceptors (Lipinski definition) is 5. The number of Topliss-reactive ketones (excluding diaryl/α,β-unsaturated/α-hetero) is 1. The number of nitro groups is 1. The fourth-order valence-corrected chi connectivity index (χ4v) is 2.86. The van der Waals surface area contributed by atoms with Gasteiger partial charge in [0.15, 0.2) is 5.03 Å². The Hall–Kier alpha value is -0.560. The molecule has 0 radical (unpaired) electrons. The molecule has 0 bridgehead atoms. The molecule has 14 heavy (non-hydrogen) atoms. The van der Waals surface area contributed by atoms with E-state index in [0.717, 1.165) is 12.2 Å². The summed E-state index contributed by atoms with van der Waals surface area (Å²) in [6.07, 6.45) is 0.947. The van der Waals surface area contributed by atoms with Gasteiger partial charge < -0.3 is 0 Å². The molecule has 0 aromatic rings. The maximum atomic E-state index is 11.1. The molecule has 0 N–H and O–H groups in total. The molecule has 1 heterocycles. The van der Waals surface area contributed by atoms with E-state index in [4.69, 9.17) is 0 Å². The molecule has 0 aromatic heterocycles.